The van der Waals surface area contributed by atoms with Gasteiger partial charge in [-0.2, -0.15) is 18.2 Å². The van der Waals surface area contributed by atoms with Gasteiger partial charge in [-0.25, -0.2) is 4.98 Å². The number of hydrogen-bond acceptors (Lipinski definition) is 6. The molecule has 9 heteroatoms. The Morgan fingerprint density at radius 3 is 2.85 bits per heavy atom. The SMILES string of the molecule is CNc1nc(N2CCOCC2CO)cc(C(F)(F)F)n1. The maximum atomic E-state index is 12.8. The normalized spacial score (nSPS) is 20.1. The van der Waals surface area contributed by atoms with Crippen molar-refractivity contribution in [3.63, 3.8) is 0 Å². The molecule has 1 fully saturated rings. The second kappa shape index (κ2) is 5.80. The topological polar surface area (TPSA) is 70.5 Å². The lowest BCUT2D eigenvalue weighted by molar-refractivity contribution is -0.141. The second-order valence-electron chi connectivity index (χ2n) is 4.29. The van der Waals surface area contributed by atoms with Crippen molar-refractivity contribution >= 4 is 11.8 Å². The zero-order chi connectivity index (χ0) is 14.8. The van der Waals surface area contributed by atoms with Gasteiger partial charge in [0.15, 0.2) is 5.69 Å². The predicted molar refractivity (Wildman–Crippen MR) is 65.6 cm³/mol. The smallest absolute Gasteiger partial charge is 0.394 e. The van der Waals surface area contributed by atoms with Crippen molar-refractivity contribution in [3.05, 3.63) is 11.8 Å². The molecule has 1 aromatic rings. The van der Waals surface area contributed by atoms with Crippen LogP contribution in [0.2, 0.25) is 0 Å². The number of anilines is 2. The molecular formula is C11H15F3N4O2. The van der Waals surface area contributed by atoms with Crippen molar-refractivity contribution in [1.29, 1.82) is 0 Å². The molecule has 1 atom stereocenters. The quantitative estimate of drug-likeness (QED) is 0.856. The van der Waals surface area contributed by atoms with Crippen LogP contribution in [-0.2, 0) is 10.9 Å². The van der Waals surface area contributed by atoms with Gasteiger partial charge in [0.1, 0.15) is 5.82 Å². The Morgan fingerprint density at radius 2 is 2.25 bits per heavy atom. The largest absolute Gasteiger partial charge is 0.433 e. The Balaban J connectivity index is 2.39. The minimum atomic E-state index is -4.55. The molecule has 0 bridgehead atoms. The van der Waals surface area contributed by atoms with Crippen LogP contribution in [0.25, 0.3) is 0 Å². The molecule has 0 aliphatic carbocycles. The first-order valence-corrected chi connectivity index (χ1v) is 6.05. The number of alkyl halides is 3. The molecule has 0 amide bonds. The highest BCUT2D eigenvalue weighted by molar-refractivity contribution is 5.46. The lowest BCUT2D eigenvalue weighted by atomic mass is 10.2. The number of nitrogens with one attached hydrogen (secondary N) is 1. The third-order valence-electron chi connectivity index (χ3n) is 2.96. The van der Waals surface area contributed by atoms with Crippen LogP contribution in [0, 0.1) is 0 Å². The fraction of sp³-hybridized carbons (Fsp3) is 0.636. The molecule has 1 unspecified atom stereocenters. The molecule has 0 spiro atoms. The first-order valence-electron chi connectivity index (χ1n) is 6.05. The molecule has 1 aliphatic rings. The number of morpholine rings is 1. The highest BCUT2D eigenvalue weighted by Crippen LogP contribution is 2.31. The average Bonchev–Trinajstić information content (AvgIpc) is 2.45. The van der Waals surface area contributed by atoms with Crippen molar-refractivity contribution in [2.24, 2.45) is 0 Å². The summed E-state index contributed by atoms with van der Waals surface area (Å²) in [6.07, 6.45) is -4.55. The van der Waals surface area contributed by atoms with E-state index < -0.39 is 17.9 Å². The maximum Gasteiger partial charge on any atom is 0.433 e. The number of ether oxygens (including phenoxy) is 1. The molecular weight excluding hydrogens is 277 g/mol. The minimum absolute atomic E-state index is 0.113. The van der Waals surface area contributed by atoms with Gasteiger partial charge in [-0.15, -0.1) is 0 Å². The van der Waals surface area contributed by atoms with Gasteiger partial charge in [0.05, 0.1) is 25.9 Å². The molecule has 1 aliphatic heterocycles. The molecule has 6 nitrogen and oxygen atoms in total. The Bertz CT molecular complexity index is 469. The van der Waals surface area contributed by atoms with Gasteiger partial charge in [0.25, 0.3) is 0 Å². The monoisotopic (exact) mass is 292 g/mol. The summed E-state index contributed by atoms with van der Waals surface area (Å²) in [5, 5.41) is 11.8. The highest BCUT2D eigenvalue weighted by atomic mass is 19.4. The number of aliphatic hydroxyl groups is 1. The van der Waals surface area contributed by atoms with E-state index in [1.54, 1.807) is 4.90 Å². The van der Waals surface area contributed by atoms with Crippen LogP contribution < -0.4 is 10.2 Å². The fourth-order valence-corrected chi connectivity index (χ4v) is 1.95. The van der Waals surface area contributed by atoms with E-state index in [2.05, 4.69) is 15.3 Å². The third-order valence-corrected chi connectivity index (χ3v) is 2.96. The van der Waals surface area contributed by atoms with E-state index in [4.69, 9.17) is 4.74 Å². The molecule has 2 rings (SSSR count). The maximum absolute atomic E-state index is 12.8. The van der Waals surface area contributed by atoms with E-state index in [1.165, 1.54) is 7.05 Å². The molecule has 20 heavy (non-hydrogen) atoms. The van der Waals surface area contributed by atoms with Crippen LogP contribution in [0.15, 0.2) is 6.07 Å². The van der Waals surface area contributed by atoms with Crippen LogP contribution >= 0.6 is 0 Å². The van der Waals surface area contributed by atoms with E-state index in [1.807, 2.05) is 0 Å². The van der Waals surface area contributed by atoms with Crippen molar-refractivity contribution in [2.45, 2.75) is 12.2 Å². The molecule has 0 aromatic carbocycles. The minimum Gasteiger partial charge on any atom is -0.394 e. The second-order valence-corrected chi connectivity index (χ2v) is 4.29. The van der Waals surface area contributed by atoms with Crippen molar-refractivity contribution < 1.29 is 23.0 Å². The molecule has 0 radical (unpaired) electrons. The Labute approximate surface area is 113 Å². The summed E-state index contributed by atoms with van der Waals surface area (Å²) in [4.78, 5) is 9.02. The summed E-state index contributed by atoms with van der Waals surface area (Å²) in [5.74, 6) is 0.0111. The number of aromatic nitrogens is 2. The van der Waals surface area contributed by atoms with Crippen LogP contribution in [0.4, 0.5) is 24.9 Å². The van der Waals surface area contributed by atoms with Crippen LogP contribution in [0.1, 0.15) is 5.69 Å². The number of rotatable bonds is 3. The lowest BCUT2D eigenvalue weighted by Crippen LogP contribution is -2.48. The van der Waals surface area contributed by atoms with E-state index in [9.17, 15) is 18.3 Å². The van der Waals surface area contributed by atoms with E-state index >= 15 is 0 Å². The Kier molecular flexibility index (Phi) is 4.29. The van der Waals surface area contributed by atoms with Gasteiger partial charge in [-0.3, -0.25) is 0 Å². The van der Waals surface area contributed by atoms with Gasteiger partial charge in [-0.05, 0) is 0 Å². The summed E-state index contributed by atoms with van der Waals surface area (Å²) >= 11 is 0. The summed E-state index contributed by atoms with van der Waals surface area (Å²) in [6, 6.07) is 0.471. The van der Waals surface area contributed by atoms with Gasteiger partial charge < -0.3 is 20.1 Å². The average molecular weight is 292 g/mol. The molecule has 1 aromatic heterocycles. The Hall–Kier alpha value is -1.61. The van der Waals surface area contributed by atoms with E-state index in [0.29, 0.717) is 13.2 Å². The van der Waals surface area contributed by atoms with Crippen molar-refractivity contribution in [2.75, 3.05) is 43.6 Å². The standard InChI is InChI=1S/C11H15F3N4O2/c1-15-10-16-8(11(12,13)14)4-9(17-10)18-2-3-20-6-7(18)5-19/h4,7,19H,2-3,5-6H2,1H3,(H,15,16,17). The summed E-state index contributed by atoms with van der Waals surface area (Å²) in [7, 11) is 1.45. The molecule has 2 heterocycles. The number of nitrogens with zero attached hydrogens (tertiary/aromatic N) is 3. The number of hydrogen-bond donors (Lipinski definition) is 2. The van der Waals surface area contributed by atoms with Crippen molar-refractivity contribution in [1.82, 2.24) is 9.97 Å². The van der Waals surface area contributed by atoms with Gasteiger partial charge in [0.2, 0.25) is 5.95 Å². The van der Waals surface area contributed by atoms with E-state index in [-0.39, 0.29) is 25.0 Å². The first-order chi connectivity index (χ1) is 9.45. The first kappa shape index (κ1) is 14.8. The summed E-state index contributed by atoms with van der Waals surface area (Å²) in [5.41, 5.74) is -1.02. The summed E-state index contributed by atoms with van der Waals surface area (Å²) in [6.45, 7) is 0.760. The van der Waals surface area contributed by atoms with Crippen molar-refractivity contribution in [3.8, 4) is 0 Å². The molecule has 112 valence electrons. The zero-order valence-corrected chi connectivity index (χ0v) is 10.8. The third kappa shape index (κ3) is 3.10. The van der Waals surface area contributed by atoms with Gasteiger partial charge in [0, 0.05) is 19.7 Å². The molecule has 0 saturated carbocycles. The van der Waals surface area contributed by atoms with Gasteiger partial charge in [-0.1, -0.05) is 0 Å². The zero-order valence-electron chi connectivity index (χ0n) is 10.8. The Morgan fingerprint density at radius 1 is 1.50 bits per heavy atom. The van der Waals surface area contributed by atoms with Crippen LogP contribution in [0.3, 0.4) is 0 Å². The van der Waals surface area contributed by atoms with Crippen LogP contribution in [-0.4, -0.2) is 54.5 Å². The highest BCUT2D eigenvalue weighted by Gasteiger charge is 2.35. The van der Waals surface area contributed by atoms with Crippen LogP contribution in [0.5, 0.6) is 0 Å². The molecule has 2 N–H and O–H groups in total. The number of halogens is 3. The fourth-order valence-electron chi connectivity index (χ4n) is 1.95. The lowest BCUT2D eigenvalue weighted by Gasteiger charge is -2.35. The number of aliphatic hydroxyl groups excluding tert-OH is 1. The van der Waals surface area contributed by atoms with E-state index in [0.717, 1.165) is 6.07 Å². The summed E-state index contributed by atoms with van der Waals surface area (Å²) < 4.78 is 43.7. The predicted octanol–water partition coefficient (Wildman–Crippen LogP) is 0.735. The molecule has 1 saturated heterocycles. The van der Waals surface area contributed by atoms with Gasteiger partial charge >= 0.3 is 6.18 Å².